The molecule has 0 aliphatic carbocycles. The van der Waals surface area contributed by atoms with Gasteiger partial charge in [0.2, 0.25) is 0 Å². The van der Waals surface area contributed by atoms with E-state index < -0.39 is 0 Å². The van der Waals surface area contributed by atoms with Gasteiger partial charge >= 0.3 is 0 Å². The number of ether oxygens (including phenoxy) is 1. The first kappa shape index (κ1) is 16.7. The van der Waals surface area contributed by atoms with Crippen molar-refractivity contribution in [2.45, 2.75) is 32.0 Å². The Balaban J connectivity index is 1.71. The van der Waals surface area contributed by atoms with Crippen LogP contribution in [0.3, 0.4) is 0 Å². The number of likely N-dealkylation sites (N-methyl/N-ethyl adjacent to an activating group) is 1. The normalized spacial score (nSPS) is 26.5. The Kier molecular flexibility index (Phi) is 6.41. The van der Waals surface area contributed by atoms with Gasteiger partial charge in [0.25, 0.3) is 5.91 Å². The molecule has 2 heterocycles. The van der Waals surface area contributed by atoms with Crippen molar-refractivity contribution in [3.8, 4) is 0 Å². The predicted molar refractivity (Wildman–Crippen MR) is 81.1 cm³/mol. The van der Waals surface area contributed by atoms with Gasteiger partial charge in [-0.1, -0.05) is 0 Å². The van der Waals surface area contributed by atoms with Gasteiger partial charge in [0.05, 0.1) is 12.7 Å². The third kappa shape index (κ3) is 5.21. The molecule has 21 heavy (non-hydrogen) atoms. The van der Waals surface area contributed by atoms with Crippen LogP contribution in [0.2, 0.25) is 0 Å². The highest BCUT2D eigenvalue weighted by molar-refractivity contribution is 5.81. The third-order valence-corrected chi connectivity index (χ3v) is 4.34. The smallest absolute Gasteiger partial charge is 0.252 e. The molecule has 1 amide bonds. The van der Waals surface area contributed by atoms with E-state index in [-0.39, 0.29) is 18.1 Å². The fourth-order valence-corrected chi connectivity index (χ4v) is 3.17. The van der Waals surface area contributed by atoms with Gasteiger partial charge in [-0.15, -0.1) is 0 Å². The molecule has 0 radical (unpaired) electrons. The average molecular weight is 299 g/mol. The van der Waals surface area contributed by atoms with Crippen molar-refractivity contribution in [2.24, 2.45) is 5.92 Å². The summed E-state index contributed by atoms with van der Waals surface area (Å²) in [6.45, 7) is 7.48. The van der Waals surface area contributed by atoms with Crippen molar-refractivity contribution in [3.63, 3.8) is 0 Å². The monoisotopic (exact) mass is 299 g/mol. The fraction of sp³-hybridized carbons (Fsp3) is 0.933. The Morgan fingerprint density at radius 1 is 1.48 bits per heavy atom. The minimum absolute atomic E-state index is 0.0913. The molecule has 2 unspecified atom stereocenters. The number of rotatable bonds is 5. The summed E-state index contributed by atoms with van der Waals surface area (Å²) >= 11 is 0. The minimum atomic E-state index is -0.320. The van der Waals surface area contributed by atoms with Crippen molar-refractivity contribution in [2.75, 3.05) is 52.9 Å². The number of carbonyl (C=O) groups excluding carboxylic acids is 1. The lowest BCUT2D eigenvalue weighted by Crippen LogP contribution is -2.50. The van der Waals surface area contributed by atoms with Crippen LogP contribution in [0, 0.1) is 5.92 Å². The van der Waals surface area contributed by atoms with E-state index in [1.807, 2.05) is 18.9 Å². The molecular weight excluding hydrogens is 270 g/mol. The molecule has 6 nitrogen and oxygen atoms in total. The van der Waals surface area contributed by atoms with Crippen molar-refractivity contribution < 1.29 is 14.6 Å². The molecule has 0 saturated carbocycles. The van der Waals surface area contributed by atoms with Crippen LogP contribution in [0.4, 0.5) is 0 Å². The lowest BCUT2D eigenvalue weighted by atomic mass is 9.96. The van der Waals surface area contributed by atoms with Crippen LogP contribution in [-0.2, 0) is 9.53 Å². The highest BCUT2D eigenvalue weighted by Gasteiger charge is 2.27. The number of hydrogen-bond donors (Lipinski definition) is 2. The molecule has 2 aliphatic rings. The van der Waals surface area contributed by atoms with Gasteiger partial charge < -0.3 is 25.0 Å². The maximum Gasteiger partial charge on any atom is 0.252 e. The van der Waals surface area contributed by atoms with Crippen LogP contribution in [0.15, 0.2) is 0 Å². The molecule has 0 aromatic heterocycles. The molecule has 2 saturated heterocycles. The first-order chi connectivity index (χ1) is 10.1. The molecular formula is C15H29N3O3. The van der Waals surface area contributed by atoms with Gasteiger partial charge in [-0.3, -0.25) is 4.79 Å². The lowest BCUT2D eigenvalue weighted by Gasteiger charge is -2.35. The summed E-state index contributed by atoms with van der Waals surface area (Å²) < 4.78 is 5.52. The van der Waals surface area contributed by atoms with Crippen molar-refractivity contribution in [1.29, 1.82) is 0 Å². The molecule has 2 N–H and O–H groups in total. The summed E-state index contributed by atoms with van der Waals surface area (Å²) in [6.07, 6.45) is 1.60. The van der Waals surface area contributed by atoms with E-state index in [1.165, 1.54) is 0 Å². The van der Waals surface area contributed by atoms with Crippen LogP contribution in [0.25, 0.3) is 0 Å². The Labute approximate surface area is 127 Å². The first-order valence-electron chi connectivity index (χ1n) is 8.04. The summed E-state index contributed by atoms with van der Waals surface area (Å²) in [5, 5.41) is 12.6. The van der Waals surface area contributed by atoms with E-state index in [0.29, 0.717) is 19.1 Å². The average Bonchev–Trinajstić information content (AvgIpc) is 2.49. The minimum Gasteiger partial charge on any atom is -0.392 e. The van der Waals surface area contributed by atoms with Crippen LogP contribution in [-0.4, -0.2) is 85.9 Å². The molecule has 2 aliphatic heterocycles. The molecule has 2 fully saturated rings. The predicted octanol–water partition coefficient (Wildman–Crippen LogP) is -0.474. The van der Waals surface area contributed by atoms with E-state index in [0.717, 1.165) is 45.6 Å². The Hall–Kier alpha value is -0.690. The Bertz CT molecular complexity index is 324. The largest absolute Gasteiger partial charge is 0.392 e. The number of nitrogens with one attached hydrogen (secondary N) is 1. The number of β-amino-alcohol motifs (C(OH)–C–C–N with tert-alkyl or cyclic N) is 1. The van der Waals surface area contributed by atoms with Crippen LogP contribution in [0.5, 0.6) is 0 Å². The third-order valence-electron chi connectivity index (χ3n) is 4.34. The number of carbonyl (C=O) groups is 1. The lowest BCUT2D eigenvalue weighted by molar-refractivity contribution is -0.144. The summed E-state index contributed by atoms with van der Waals surface area (Å²) in [6, 6.07) is 0. The van der Waals surface area contributed by atoms with Crippen molar-refractivity contribution >= 4 is 5.91 Å². The highest BCUT2D eigenvalue weighted by Crippen LogP contribution is 2.18. The summed E-state index contributed by atoms with van der Waals surface area (Å²) in [4.78, 5) is 16.4. The first-order valence-corrected chi connectivity index (χ1v) is 8.04. The number of likely N-dealkylation sites (tertiary alicyclic amines) is 1. The summed E-state index contributed by atoms with van der Waals surface area (Å²) in [5.74, 6) is 0.648. The molecule has 2 rings (SSSR count). The number of nitrogens with zero attached hydrogens (tertiary/aromatic N) is 2. The maximum atomic E-state index is 12.3. The maximum absolute atomic E-state index is 12.3. The second-order valence-electron chi connectivity index (χ2n) is 6.38. The molecule has 122 valence electrons. The number of morpholine rings is 1. The number of hydrogen-bond acceptors (Lipinski definition) is 5. The number of aliphatic hydroxyl groups is 1. The van der Waals surface area contributed by atoms with Crippen molar-refractivity contribution in [1.82, 2.24) is 15.1 Å². The van der Waals surface area contributed by atoms with Gasteiger partial charge in [-0.05, 0) is 38.8 Å². The zero-order valence-electron chi connectivity index (χ0n) is 13.3. The van der Waals surface area contributed by atoms with Gasteiger partial charge in [0.15, 0.2) is 0 Å². The fourth-order valence-electron chi connectivity index (χ4n) is 3.17. The number of piperidine rings is 1. The quantitative estimate of drug-likeness (QED) is 0.718. The number of amides is 1. The standard InChI is InChI=1S/C15H29N3O3/c1-12(19)10-18-6-3-13(4-7-18)11-17(2)15(20)14-9-16-5-8-21-14/h12-14,16,19H,3-11H2,1-2H3. The summed E-state index contributed by atoms with van der Waals surface area (Å²) in [7, 11) is 1.88. The Morgan fingerprint density at radius 3 is 2.76 bits per heavy atom. The van der Waals surface area contributed by atoms with Crippen LogP contribution < -0.4 is 5.32 Å². The summed E-state index contributed by atoms with van der Waals surface area (Å²) in [5.41, 5.74) is 0. The van der Waals surface area contributed by atoms with Gasteiger partial charge in [0, 0.05) is 33.2 Å². The highest BCUT2D eigenvalue weighted by atomic mass is 16.5. The van der Waals surface area contributed by atoms with Gasteiger partial charge in [0.1, 0.15) is 6.10 Å². The van der Waals surface area contributed by atoms with E-state index in [1.54, 1.807) is 0 Å². The van der Waals surface area contributed by atoms with Gasteiger partial charge in [-0.25, -0.2) is 0 Å². The van der Waals surface area contributed by atoms with E-state index in [2.05, 4.69) is 10.2 Å². The zero-order valence-corrected chi connectivity index (χ0v) is 13.3. The van der Waals surface area contributed by atoms with Crippen LogP contribution in [0.1, 0.15) is 19.8 Å². The SMILES string of the molecule is CC(O)CN1CCC(CN(C)C(=O)C2CNCCO2)CC1. The van der Waals surface area contributed by atoms with Crippen LogP contribution >= 0.6 is 0 Å². The second-order valence-corrected chi connectivity index (χ2v) is 6.38. The van der Waals surface area contributed by atoms with Gasteiger partial charge in [-0.2, -0.15) is 0 Å². The molecule has 0 aromatic carbocycles. The van der Waals surface area contributed by atoms with E-state index in [4.69, 9.17) is 4.74 Å². The zero-order chi connectivity index (χ0) is 15.2. The van der Waals surface area contributed by atoms with Crippen molar-refractivity contribution in [3.05, 3.63) is 0 Å². The molecule has 0 bridgehead atoms. The Morgan fingerprint density at radius 2 is 2.19 bits per heavy atom. The molecule has 2 atom stereocenters. The number of aliphatic hydroxyl groups excluding tert-OH is 1. The topological polar surface area (TPSA) is 65.0 Å². The molecule has 6 heteroatoms. The molecule has 0 aromatic rings. The molecule has 0 spiro atoms. The second kappa shape index (κ2) is 8.08. The van der Waals surface area contributed by atoms with E-state index >= 15 is 0 Å². The van der Waals surface area contributed by atoms with E-state index in [9.17, 15) is 9.90 Å².